The van der Waals surface area contributed by atoms with Crippen molar-refractivity contribution in [3.63, 3.8) is 0 Å². The van der Waals surface area contributed by atoms with E-state index >= 15 is 0 Å². The van der Waals surface area contributed by atoms with Gasteiger partial charge in [0.1, 0.15) is 5.78 Å². The normalized spacial score (nSPS) is 14.9. The number of hydrogen-bond donors (Lipinski definition) is 1. The van der Waals surface area contributed by atoms with Gasteiger partial charge in [-0.1, -0.05) is 13.8 Å². The molecule has 1 aromatic heterocycles. The number of thiophene rings is 1. The lowest BCUT2D eigenvalue weighted by Gasteiger charge is -2.24. The summed E-state index contributed by atoms with van der Waals surface area (Å²) < 4.78 is 1.07. The predicted molar refractivity (Wildman–Crippen MR) is 68.2 cm³/mol. The lowest BCUT2D eigenvalue weighted by atomic mass is 9.81. The molecule has 0 aliphatic carbocycles. The van der Waals surface area contributed by atoms with E-state index in [1.165, 1.54) is 0 Å². The quantitative estimate of drug-likeness (QED) is 0.906. The second-order valence-corrected chi connectivity index (χ2v) is 6.47. The first-order valence-electron chi connectivity index (χ1n) is 4.99. The predicted octanol–water partition coefficient (Wildman–Crippen LogP) is 3.00. The fraction of sp³-hybridized carbons (Fsp3) is 0.545. The zero-order valence-corrected chi connectivity index (χ0v) is 11.5. The fourth-order valence-electron chi connectivity index (χ4n) is 1.27. The van der Waals surface area contributed by atoms with Crippen LogP contribution in [0.2, 0.25) is 0 Å². The van der Waals surface area contributed by atoms with E-state index in [9.17, 15) is 4.79 Å². The van der Waals surface area contributed by atoms with Crippen molar-refractivity contribution < 1.29 is 4.79 Å². The number of carbonyl (C=O) groups is 1. The number of nitrogens with two attached hydrogens (primary N) is 1. The Hall–Kier alpha value is -0.190. The molecule has 0 amide bonds. The van der Waals surface area contributed by atoms with Crippen LogP contribution in [0, 0.1) is 5.41 Å². The number of Topliss-reactive ketones (excluding diaryl/α,β-unsaturated/α-hetero) is 1. The maximum absolute atomic E-state index is 12.0. The Bertz CT molecular complexity index is 344. The number of hydrogen-bond acceptors (Lipinski definition) is 3. The van der Waals surface area contributed by atoms with E-state index in [-0.39, 0.29) is 11.2 Å². The van der Waals surface area contributed by atoms with Gasteiger partial charge in [0.25, 0.3) is 0 Å². The summed E-state index contributed by atoms with van der Waals surface area (Å²) in [5.41, 5.74) is 5.29. The molecule has 1 atom stereocenters. The van der Waals surface area contributed by atoms with Crippen LogP contribution in [0.5, 0.6) is 0 Å². The Morgan fingerprint density at radius 3 is 2.67 bits per heavy atom. The minimum Gasteiger partial charge on any atom is -0.329 e. The van der Waals surface area contributed by atoms with E-state index in [2.05, 4.69) is 15.9 Å². The number of carbonyl (C=O) groups excluding carboxylic acids is 1. The molecule has 0 aromatic carbocycles. The summed E-state index contributed by atoms with van der Waals surface area (Å²) in [4.78, 5) is 13.1. The third-order valence-electron chi connectivity index (χ3n) is 2.87. The molecule has 2 N–H and O–H groups in total. The molecule has 0 aliphatic heterocycles. The van der Waals surface area contributed by atoms with Crippen molar-refractivity contribution in [1.29, 1.82) is 0 Å². The summed E-state index contributed by atoms with van der Waals surface area (Å²) in [6.45, 7) is 4.38. The topological polar surface area (TPSA) is 43.1 Å². The maximum atomic E-state index is 12.0. The van der Waals surface area contributed by atoms with E-state index in [0.29, 0.717) is 13.0 Å². The lowest BCUT2D eigenvalue weighted by Crippen LogP contribution is -2.36. The van der Waals surface area contributed by atoms with Crippen LogP contribution in [0.1, 0.15) is 25.1 Å². The summed E-state index contributed by atoms with van der Waals surface area (Å²) in [6, 6.07) is 3.96. The van der Waals surface area contributed by atoms with E-state index in [4.69, 9.17) is 5.73 Å². The van der Waals surface area contributed by atoms with Gasteiger partial charge in [-0.15, -0.1) is 11.3 Å². The highest BCUT2D eigenvalue weighted by Crippen LogP contribution is 2.27. The van der Waals surface area contributed by atoms with Crippen LogP contribution < -0.4 is 5.73 Å². The van der Waals surface area contributed by atoms with Crippen molar-refractivity contribution in [2.45, 2.75) is 26.7 Å². The summed E-state index contributed by atoms with van der Waals surface area (Å²) in [7, 11) is 0. The SMILES string of the molecule is CCC(C)(CN)C(=O)Cc1ccc(Br)s1. The van der Waals surface area contributed by atoms with Crippen LogP contribution in [0.4, 0.5) is 0 Å². The second-order valence-electron chi connectivity index (χ2n) is 3.92. The van der Waals surface area contributed by atoms with Gasteiger partial charge in [0, 0.05) is 23.3 Å². The van der Waals surface area contributed by atoms with Crippen LogP contribution >= 0.6 is 27.3 Å². The Labute approximate surface area is 103 Å². The standard InChI is InChI=1S/C11H16BrNOS/c1-3-11(2,7-13)9(14)6-8-4-5-10(12)15-8/h4-5H,3,6-7,13H2,1-2H3. The zero-order chi connectivity index (χ0) is 11.5. The number of ketones is 1. The van der Waals surface area contributed by atoms with Gasteiger partial charge in [0.05, 0.1) is 3.79 Å². The van der Waals surface area contributed by atoms with Crippen molar-refractivity contribution in [1.82, 2.24) is 0 Å². The van der Waals surface area contributed by atoms with Crippen LogP contribution in [0.15, 0.2) is 15.9 Å². The van der Waals surface area contributed by atoms with Crippen LogP contribution in [0.25, 0.3) is 0 Å². The van der Waals surface area contributed by atoms with Gasteiger partial charge >= 0.3 is 0 Å². The highest BCUT2D eigenvalue weighted by Gasteiger charge is 2.29. The van der Waals surface area contributed by atoms with Gasteiger partial charge < -0.3 is 5.73 Å². The van der Waals surface area contributed by atoms with Gasteiger partial charge in [0.2, 0.25) is 0 Å². The smallest absolute Gasteiger partial charge is 0.145 e. The summed E-state index contributed by atoms with van der Waals surface area (Å²) in [6.07, 6.45) is 1.30. The zero-order valence-electron chi connectivity index (χ0n) is 9.05. The van der Waals surface area contributed by atoms with Gasteiger partial charge in [0.15, 0.2) is 0 Å². The highest BCUT2D eigenvalue weighted by molar-refractivity contribution is 9.11. The van der Waals surface area contributed by atoms with Crippen molar-refractivity contribution in [3.05, 3.63) is 20.8 Å². The molecule has 1 rings (SSSR count). The molecular weight excluding hydrogens is 274 g/mol. The molecule has 0 fully saturated rings. The molecule has 0 bridgehead atoms. The van der Waals surface area contributed by atoms with Crippen molar-refractivity contribution >= 4 is 33.0 Å². The minimum atomic E-state index is -0.365. The molecule has 1 aromatic rings. The largest absolute Gasteiger partial charge is 0.329 e. The molecular formula is C11H16BrNOS. The Kier molecular flexibility index (Phi) is 4.49. The molecule has 0 spiro atoms. The number of rotatable bonds is 5. The van der Waals surface area contributed by atoms with Crippen molar-refractivity contribution in [2.24, 2.45) is 11.1 Å². The first kappa shape index (κ1) is 12.9. The highest BCUT2D eigenvalue weighted by atomic mass is 79.9. The maximum Gasteiger partial charge on any atom is 0.145 e. The third kappa shape index (κ3) is 3.13. The monoisotopic (exact) mass is 289 g/mol. The molecule has 0 saturated heterocycles. The molecule has 0 aliphatic rings. The average Bonchev–Trinajstić information content (AvgIpc) is 2.62. The lowest BCUT2D eigenvalue weighted by molar-refractivity contribution is -0.126. The number of halogens is 1. The van der Waals surface area contributed by atoms with Crippen molar-refractivity contribution in [2.75, 3.05) is 6.54 Å². The van der Waals surface area contributed by atoms with E-state index in [0.717, 1.165) is 15.1 Å². The van der Waals surface area contributed by atoms with Crippen LogP contribution in [-0.4, -0.2) is 12.3 Å². The first-order chi connectivity index (χ1) is 7.01. The van der Waals surface area contributed by atoms with E-state index < -0.39 is 0 Å². The molecule has 1 unspecified atom stereocenters. The van der Waals surface area contributed by atoms with Gasteiger partial charge in [-0.05, 0) is 34.5 Å². The minimum absolute atomic E-state index is 0.238. The van der Waals surface area contributed by atoms with Crippen molar-refractivity contribution in [3.8, 4) is 0 Å². The van der Waals surface area contributed by atoms with Gasteiger partial charge in [-0.3, -0.25) is 4.79 Å². The average molecular weight is 290 g/mol. The second kappa shape index (κ2) is 5.23. The molecule has 4 heteroatoms. The fourth-order valence-corrected chi connectivity index (χ4v) is 2.76. The first-order valence-corrected chi connectivity index (χ1v) is 6.60. The molecule has 2 nitrogen and oxygen atoms in total. The van der Waals surface area contributed by atoms with Crippen LogP contribution in [-0.2, 0) is 11.2 Å². The molecule has 0 radical (unpaired) electrons. The van der Waals surface area contributed by atoms with Gasteiger partial charge in [-0.2, -0.15) is 0 Å². The Morgan fingerprint density at radius 1 is 1.60 bits per heavy atom. The molecule has 84 valence electrons. The van der Waals surface area contributed by atoms with Gasteiger partial charge in [-0.25, -0.2) is 0 Å². The Balaban J connectivity index is 2.70. The van der Waals surface area contributed by atoms with Crippen LogP contribution in [0.3, 0.4) is 0 Å². The summed E-state index contributed by atoms with van der Waals surface area (Å²) in [5, 5.41) is 0. The molecule has 15 heavy (non-hydrogen) atoms. The molecule has 1 heterocycles. The summed E-state index contributed by atoms with van der Waals surface area (Å²) in [5.74, 6) is 0.238. The molecule has 0 saturated carbocycles. The third-order valence-corrected chi connectivity index (χ3v) is 4.49. The van der Waals surface area contributed by atoms with E-state index in [1.807, 2.05) is 26.0 Å². The van der Waals surface area contributed by atoms with E-state index in [1.54, 1.807) is 11.3 Å². The Morgan fingerprint density at radius 2 is 2.27 bits per heavy atom. The summed E-state index contributed by atoms with van der Waals surface area (Å²) >= 11 is 5.00.